The number of thioether (sulfide) groups is 1. The number of hydrogen-bond acceptors (Lipinski definition) is 4. The number of carbonyl (C=O) groups is 1. The molecule has 52 valence electrons. The molecule has 0 atom stereocenters. The van der Waals surface area contributed by atoms with Crippen molar-refractivity contribution >= 4 is 30.4 Å². The van der Waals surface area contributed by atoms with Crippen LogP contribution in [0, 0.1) is 0 Å². The van der Waals surface area contributed by atoms with Crippen molar-refractivity contribution in [1.29, 1.82) is 0 Å². The van der Waals surface area contributed by atoms with Crippen molar-refractivity contribution in [2.45, 2.75) is 0 Å². The van der Waals surface area contributed by atoms with Crippen LogP contribution in [0.2, 0.25) is 0 Å². The smallest absolute Gasteiger partial charge is 0.344 e. The number of ether oxygens (including phenoxy) is 1. The molecular weight excluding hydrogens is 156 g/mol. The number of methoxy groups -OCH3 is 1. The van der Waals surface area contributed by atoms with Crippen LogP contribution in [0.25, 0.3) is 0 Å². The molecule has 9 heavy (non-hydrogen) atoms. The predicted octanol–water partition coefficient (Wildman–Crippen LogP) is 1.29. The second kappa shape index (κ2) is 4.76. The van der Waals surface area contributed by atoms with Gasteiger partial charge in [-0.3, -0.25) is 0 Å². The van der Waals surface area contributed by atoms with E-state index in [4.69, 9.17) is 0 Å². The Bertz CT molecular complexity index is 131. The molecule has 0 bridgehead atoms. The fourth-order valence-electron chi connectivity index (χ4n) is 0.264. The van der Waals surface area contributed by atoms with Crippen LogP contribution in [0.4, 0.5) is 0 Å². The lowest BCUT2D eigenvalue weighted by Crippen LogP contribution is -1.98. The molecule has 0 saturated carbocycles. The summed E-state index contributed by atoms with van der Waals surface area (Å²) in [6.45, 7) is 0. The number of esters is 1. The molecule has 0 aromatic rings. The van der Waals surface area contributed by atoms with Gasteiger partial charge in [0.05, 0.1) is 12.0 Å². The quantitative estimate of drug-likeness (QED) is 0.378. The standard InChI is InChI=1S/C5H8O2S2/c1-7-5(6)4(8)3-9-2/h3,8H,1-2H3/b4-3-. The Kier molecular flexibility index (Phi) is 4.71. The van der Waals surface area contributed by atoms with Crippen LogP contribution in [0.15, 0.2) is 10.3 Å². The van der Waals surface area contributed by atoms with Gasteiger partial charge in [-0.15, -0.1) is 24.4 Å². The van der Waals surface area contributed by atoms with Crippen LogP contribution in [0.1, 0.15) is 0 Å². The van der Waals surface area contributed by atoms with Gasteiger partial charge in [0.1, 0.15) is 0 Å². The lowest BCUT2D eigenvalue weighted by Gasteiger charge is -1.94. The molecule has 0 unspecified atom stereocenters. The van der Waals surface area contributed by atoms with Gasteiger partial charge in [0.2, 0.25) is 0 Å². The molecule has 0 amide bonds. The zero-order chi connectivity index (χ0) is 7.28. The zero-order valence-corrected chi connectivity index (χ0v) is 6.96. The van der Waals surface area contributed by atoms with Crippen LogP contribution < -0.4 is 0 Å². The Hall–Kier alpha value is -0.0900. The van der Waals surface area contributed by atoms with Crippen LogP contribution >= 0.6 is 24.4 Å². The van der Waals surface area contributed by atoms with Crippen LogP contribution in [-0.2, 0) is 9.53 Å². The zero-order valence-electron chi connectivity index (χ0n) is 5.25. The molecule has 0 fully saturated rings. The van der Waals surface area contributed by atoms with Gasteiger partial charge in [0, 0.05) is 0 Å². The van der Waals surface area contributed by atoms with Gasteiger partial charge in [0.25, 0.3) is 0 Å². The van der Waals surface area contributed by atoms with E-state index in [0.29, 0.717) is 4.91 Å². The van der Waals surface area contributed by atoms with E-state index in [-0.39, 0.29) is 0 Å². The van der Waals surface area contributed by atoms with Crippen molar-refractivity contribution in [2.75, 3.05) is 13.4 Å². The van der Waals surface area contributed by atoms with Crippen LogP contribution in [0.3, 0.4) is 0 Å². The number of carbonyl (C=O) groups excluding carboxylic acids is 1. The summed E-state index contributed by atoms with van der Waals surface area (Å²) in [5.41, 5.74) is 0. The van der Waals surface area contributed by atoms with Gasteiger partial charge in [-0.1, -0.05) is 0 Å². The fraction of sp³-hybridized carbons (Fsp3) is 0.400. The normalized spacial score (nSPS) is 11.2. The molecule has 0 rings (SSSR count). The third-order valence-corrected chi connectivity index (χ3v) is 1.58. The largest absolute Gasteiger partial charge is 0.465 e. The number of rotatable bonds is 2. The Labute approximate surface area is 64.1 Å². The lowest BCUT2D eigenvalue weighted by molar-refractivity contribution is -0.135. The predicted molar refractivity (Wildman–Crippen MR) is 42.6 cm³/mol. The van der Waals surface area contributed by atoms with Gasteiger partial charge in [0.15, 0.2) is 0 Å². The second-order valence-electron chi connectivity index (χ2n) is 1.23. The highest BCUT2D eigenvalue weighted by molar-refractivity contribution is 8.02. The van der Waals surface area contributed by atoms with E-state index in [1.165, 1.54) is 18.9 Å². The minimum Gasteiger partial charge on any atom is -0.465 e. The first-order valence-electron chi connectivity index (χ1n) is 2.22. The van der Waals surface area contributed by atoms with Crippen molar-refractivity contribution in [2.24, 2.45) is 0 Å². The average Bonchev–Trinajstić information content (AvgIpc) is 1.87. The second-order valence-corrected chi connectivity index (χ2v) is 2.42. The van der Waals surface area contributed by atoms with E-state index in [1.54, 1.807) is 5.41 Å². The first kappa shape index (κ1) is 8.91. The maximum absolute atomic E-state index is 10.5. The highest BCUT2D eigenvalue weighted by Gasteiger charge is 2.01. The van der Waals surface area contributed by atoms with E-state index < -0.39 is 5.97 Å². The molecule has 0 spiro atoms. The van der Waals surface area contributed by atoms with E-state index in [9.17, 15) is 4.79 Å². The van der Waals surface area contributed by atoms with E-state index >= 15 is 0 Å². The summed E-state index contributed by atoms with van der Waals surface area (Å²) in [6, 6.07) is 0. The van der Waals surface area contributed by atoms with Gasteiger partial charge in [-0.2, -0.15) is 0 Å². The van der Waals surface area contributed by atoms with E-state index in [2.05, 4.69) is 17.4 Å². The average molecular weight is 164 g/mol. The van der Waals surface area contributed by atoms with E-state index in [1.807, 2.05) is 6.26 Å². The summed E-state index contributed by atoms with van der Waals surface area (Å²) in [5.74, 6) is -0.396. The van der Waals surface area contributed by atoms with Crippen molar-refractivity contribution in [3.05, 3.63) is 10.3 Å². The Morgan fingerprint density at radius 1 is 1.78 bits per heavy atom. The minimum absolute atomic E-state index is 0.338. The van der Waals surface area contributed by atoms with Gasteiger partial charge >= 0.3 is 5.97 Å². The molecule has 4 heteroatoms. The SMILES string of the molecule is COC(=O)/C(S)=C/SC. The van der Waals surface area contributed by atoms with Crippen molar-refractivity contribution in [3.8, 4) is 0 Å². The Morgan fingerprint density at radius 3 is 2.67 bits per heavy atom. The van der Waals surface area contributed by atoms with E-state index in [0.717, 1.165) is 0 Å². The molecule has 0 saturated heterocycles. The molecule has 0 aromatic heterocycles. The number of thiol groups is 1. The molecule has 0 radical (unpaired) electrons. The maximum atomic E-state index is 10.5. The minimum atomic E-state index is -0.396. The summed E-state index contributed by atoms with van der Waals surface area (Å²) in [7, 11) is 1.33. The molecule has 0 heterocycles. The molecule has 0 aliphatic heterocycles. The Morgan fingerprint density at radius 2 is 2.33 bits per heavy atom. The monoisotopic (exact) mass is 164 g/mol. The lowest BCUT2D eigenvalue weighted by atomic mass is 10.6. The van der Waals surface area contributed by atoms with Gasteiger partial charge in [-0.05, 0) is 11.7 Å². The topological polar surface area (TPSA) is 26.3 Å². The first-order valence-corrected chi connectivity index (χ1v) is 3.96. The highest BCUT2D eigenvalue weighted by Crippen LogP contribution is 2.07. The highest BCUT2D eigenvalue weighted by atomic mass is 32.2. The molecule has 2 nitrogen and oxygen atoms in total. The molecule has 0 aromatic carbocycles. The van der Waals surface area contributed by atoms with Crippen molar-refractivity contribution in [3.63, 3.8) is 0 Å². The molecular formula is C5H8O2S2. The third-order valence-electron chi connectivity index (χ3n) is 0.624. The van der Waals surface area contributed by atoms with Gasteiger partial charge < -0.3 is 4.74 Å². The maximum Gasteiger partial charge on any atom is 0.344 e. The van der Waals surface area contributed by atoms with Crippen LogP contribution in [-0.4, -0.2) is 19.3 Å². The fourth-order valence-corrected chi connectivity index (χ4v) is 0.991. The summed E-state index contributed by atoms with van der Waals surface area (Å²) in [5, 5.41) is 1.62. The van der Waals surface area contributed by atoms with Crippen molar-refractivity contribution in [1.82, 2.24) is 0 Å². The number of hydrogen-bond donors (Lipinski definition) is 1. The molecule has 0 aliphatic carbocycles. The third kappa shape index (κ3) is 3.48. The summed E-state index contributed by atoms with van der Waals surface area (Å²) in [4.78, 5) is 10.9. The van der Waals surface area contributed by atoms with Gasteiger partial charge in [-0.25, -0.2) is 4.79 Å². The summed E-state index contributed by atoms with van der Waals surface area (Å²) < 4.78 is 4.37. The van der Waals surface area contributed by atoms with Crippen molar-refractivity contribution < 1.29 is 9.53 Å². The summed E-state index contributed by atoms with van der Waals surface area (Å²) in [6.07, 6.45) is 1.85. The first-order chi connectivity index (χ1) is 4.22. The summed E-state index contributed by atoms with van der Waals surface area (Å²) >= 11 is 5.27. The molecule has 0 aliphatic rings. The van der Waals surface area contributed by atoms with Crippen LogP contribution in [0.5, 0.6) is 0 Å². The Balaban J connectivity index is 3.86. The molecule has 0 N–H and O–H groups in total.